The Morgan fingerprint density at radius 2 is 1.75 bits per heavy atom. The molecule has 0 fully saturated rings. The van der Waals surface area contributed by atoms with Crippen LogP contribution in [0, 0.1) is 0 Å². The Hall–Kier alpha value is -3.97. The van der Waals surface area contributed by atoms with Crippen molar-refractivity contribution in [2.45, 2.75) is 6.54 Å². The zero-order chi connectivity index (χ0) is 21.9. The molecule has 1 aliphatic rings. The van der Waals surface area contributed by atoms with Crippen LogP contribution in [0.3, 0.4) is 0 Å². The second-order valence-corrected chi connectivity index (χ2v) is 8.19. The van der Waals surface area contributed by atoms with E-state index >= 15 is 0 Å². The highest BCUT2D eigenvalue weighted by Gasteiger charge is 2.33. The molecule has 6 nitrogen and oxygen atoms in total. The highest BCUT2D eigenvalue weighted by atomic mass is 32.1. The Morgan fingerprint density at radius 3 is 2.50 bits per heavy atom. The first kappa shape index (κ1) is 20.0. The lowest BCUT2D eigenvalue weighted by Crippen LogP contribution is -2.22. The van der Waals surface area contributed by atoms with E-state index in [1.807, 2.05) is 78.9 Å². The van der Waals surface area contributed by atoms with Gasteiger partial charge in [0.2, 0.25) is 5.13 Å². The van der Waals surface area contributed by atoms with Crippen LogP contribution in [-0.2, 0) is 11.3 Å². The number of fused-ring (bicyclic) bond motifs is 1. The standard InChI is InChI=1S/C25H20N4O2S/c1-31-19-13-11-17(12-14-19)15-26-16-20-23(18-7-3-2-4-8-18)28-29(24(20)30)25-27-21-9-5-6-10-22(21)32-25/h2-14,16,26H,15H2,1H3. The third-order valence-corrected chi connectivity index (χ3v) is 6.11. The predicted molar refractivity (Wildman–Crippen MR) is 128 cm³/mol. The van der Waals surface area contributed by atoms with Gasteiger partial charge in [-0.3, -0.25) is 4.79 Å². The molecular weight excluding hydrogens is 420 g/mol. The second kappa shape index (κ2) is 8.64. The average Bonchev–Trinajstić information content (AvgIpc) is 3.41. The van der Waals surface area contributed by atoms with Gasteiger partial charge in [-0.25, -0.2) is 4.98 Å². The molecule has 0 aliphatic carbocycles. The van der Waals surface area contributed by atoms with Gasteiger partial charge in [0.25, 0.3) is 5.91 Å². The van der Waals surface area contributed by atoms with Crippen molar-refractivity contribution >= 4 is 38.3 Å². The van der Waals surface area contributed by atoms with Crippen LogP contribution in [-0.4, -0.2) is 23.7 Å². The normalized spacial score (nSPS) is 14.8. The lowest BCUT2D eigenvalue weighted by Gasteiger charge is -2.07. The maximum absolute atomic E-state index is 13.3. The monoisotopic (exact) mass is 440 g/mol. The molecule has 158 valence electrons. The summed E-state index contributed by atoms with van der Waals surface area (Å²) < 4.78 is 6.22. The number of methoxy groups -OCH3 is 1. The van der Waals surface area contributed by atoms with Crippen LogP contribution in [0.5, 0.6) is 5.75 Å². The van der Waals surface area contributed by atoms with Crippen LogP contribution in [0.2, 0.25) is 0 Å². The molecule has 3 aromatic carbocycles. The minimum Gasteiger partial charge on any atom is -0.497 e. The smallest absolute Gasteiger partial charge is 0.284 e. The Labute approximate surface area is 189 Å². The van der Waals surface area contributed by atoms with Gasteiger partial charge in [-0.1, -0.05) is 65.9 Å². The van der Waals surface area contributed by atoms with Gasteiger partial charge >= 0.3 is 0 Å². The fourth-order valence-corrected chi connectivity index (χ4v) is 4.36. The number of hydrogen-bond acceptors (Lipinski definition) is 6. The Bertz CT molecular complexity index is 1290. The number of ether oxygens (including phenoxy) is 1. The van der Waals surface area contributed by atoms with Crippen LogP contribution >= 0.6 is 11.3 Å². The molecule has 1 N–H and O–H groups in total. The molecule has 4 aromatic rings. The second-order valence-electron chi connectivity index (χ2n) is 7.18. The van der Waals surface area contributed by atoms with Gasteiger partial charge in [0.1, 0.15) is 11.5 Å². The maximum Gasteiger partial charge on any atom is 0.284 e. The summed E-state index contributed by atoms with van der Waals surface area (Å²) in [6, 6.07) is 25.3. The molecule has 0 bridgehead atoms. The first-order valence-electron chi connectivity index (χ1n) is 10.1. The summed E-state index contributed by atoms with van der Waals surface area (Å²) in [5.41, 5.74) is 3.93. The number of nitrogens with zero attached hydrogens (tertiary/aromatic N) is 3. The fourth-order valence-electron chi connectivity index (χ4n) is 3.45. The Balaban J connectivity index is 1.45. The molecule has 0 radical (unpaired) electrons. The van der Waals surface area contributed by atoms with E-state index in [4.69, 9.17) is 4.74 Å². The van der Waals surface area contributed by atoms with Crippen LogP contribution in [0.1, 0.15) is 11.1 Å². The van der Waals surface area contributed by atoms with E-state index in [1.54, 1.807) is 13.3 Å². The fraction of sp³-hybridized carbons (Fsp3) is 0.0800. The van der Waals surface area contributed by atoms with Gasteiger partial charge in [0, 0.05) is 18.3 Å². The van der Waals surface area contributed by atoms with Crippen molar-refractivity contribution in [1.29, 1.82) is 0 Å². The molecule has 1 amide bonds. The van der Waals surface area contributed by atoms with Crippen molar-refractivity contribution in [1.82, 2.24) is 10.3 Å². The minimum absolute atomic E-state index is 0.204. The van der Waals surface area contributed by atoms with Crippen LogP contribution in [0.25, 0.3) is 10.2 Å². The third kappa shape index (κ3) is 3.86. The number of carbonyl (C=O) groups excluding carboxylic acids is 1. The summed E-state index contributed by atoms with van der Waals surface area (Å²) in [6.07, 6.45) is 1.74. The van der Waals surface area contributed by atoms with Crippen molar-refractivity contribution in [3.63, 3.8) is 0 Å². The van der Waals surface area contributed by atoms with Crippen LogP contribution in [0.4, 0.5) is 5.13 Å². The predicted octanol–water partition coefficient (Wildman–Crippen LogP) is 4.73. The quantitative estimate of drug-likeness (QED) is 0.440. The summed E-state index contributed by atoms with van der Waals surface area (Å²) in [7, 11) is 1.64. The number of carbonyl (C=O) groups is 1. The number of thiazole rings is 1. The molecule has 1 aromatic heterocycles. The molecule has 2 heterocycles. The molecule has 7 heteroatoms. The SMILES string of the molecule is COc1ccc(CNC=C2C(=O)N(c3nc4ccccc4s3)N=C2c2ccccc2)cc1. The molecule has 5 rings (SSSR count). The van der Waals surface area contributed by atoms with Gasteiger partial charge in [0.15, 0.2) is 0 Å². The van der Waals surface area contributed by atoms with Crippen molar-refractivity contribution < 1.29 is 9.53 Å². The van der Waals surface area contributed by atoms with Gasteiger partial charge < -0.3 is 10.1 Å². The molecule has 0 atom stereocenters. The van der Waals surface area contributed by atoms with E-state index < -0.39 is 0 Å². The van der Waals surface area contributed by atoms with Crippen LogP contribution < -0.4 is 15.1 Å². The summed E-state index contributed by atoms with van der Waals surface area (Å²) in [6.45, 7) is 0.573. The van der Waals surface area contributed by atoms with Gasteiger partial charge in [0.05, 0.1) is 22.9 Å². The highest BCUT2D eigenvalue weighted by Crippen LogP contribution is 2.33. The summed E-state index contributed by atoms with van der Waals surface area (Å²) in [4.78, 5) is 18.0. The van der Waals surface area contributed by atoms with Gasteiger partial charge in [-0.15, -0.1) is 0 Å². The van der Waals surface area contributed by atoms with Crippen LogP contribution in [0.15, 0.2) is 95.7 Å². The first-order chi connectivity index (χ1) is 15.7. The van der Waals surface area contributed by atoms with Gasteiger partial charge in [-0.2, -0.15) is 10.1 Å². The van der Waals surface area contributed by atoms with Gasteiger partial charge in [-0.05, 0) is 29.8 Å². The molecule has 1 aliphatic heterocycles. The number of para-hydroxylation sites is 1. The van der Waals surface area contributed by atoms with Crippen molar-refractivity contribution in [3.05, 3.63) is 102 Å². The summed E-state index contributed by atoms with van der Waals surface area (Å²) in [5.74, 6) is 0.605. The number of hydrogen-bond donors (Lipinski definition) is 1. The Kier molecular flexibility index (Phi) is 5.39. The largest absolute Gasteiger partial charge is 0.497 e. The average molecular weight is 441 g/mol. The summed E-state index contributed by atoms with van der Waals surface area (Å²) in [5, 5.41) is 9.88. The zero-order valence-corrected chi connectivity index (χ0v) is 18.2. The van der Waals surface area contributed by atoms with Crippen molar-refractivity contribution in [3.8, 4) is 5.75 Å². The third-order valence-electron chi connectivity index (χ3n) is 5.10. The molecule has 0 unspecified atom stereocenters. The van der Waals surface area contributed by atoms with E-state index in [-0.39, 0.29) is 5.91 Å². The number of amides is 1. The molecule has 0 spiro atoms. The molecular formula is C25H20N4O2S. The highest BCUT2D eigenvalue weighted by molar-refractivity contribution is 7.22. The van der Waals surface area contributed by atoms with E-state index in [0.29, 0.717) is 23.0 Å². The lowest BCUT2D eigenvalue weighted by molar-refractivity contribution is -0.114. The van der Waals surface area contributed by atoms with E-state index in [9.17, 15) is 4.79 Å². The molecule has 0 saturated carbocycles. The Morgan fingerprint density at radius 1 is 1.00 bits per heavy atom. The number of anilines is 1. The zero-order valence-electron chi connectivity index (χ0n) is 17.4. The minimum atomic E-state index is -0.204. The van der Waals surface area contributed by atoms with E-state index in [1.165, 1.54) is 16.3 Å². The van der Waals surface area contributed by atoms with E-state index in [0.717, 1.165) is 27.1 Å². The molecule has 0 saturated heterocycles. The number of rotatable bonds is 6. The number of aromatic nitrogens is 1. The maximum atomic E-state index is 13.3. The van der Waals surface area contributed by atoms with Crippen molar-refractivity contribution in [2.24, 2.45) is 5.10 Å². The van der Waals surface area contributed by atoms with Crippen molar-refractivity contribution in [2.75, 3.05) is 12.1 Å². The number of benzene rings is 3. The number of nitrogens with one attached hydrogen (secondary N) is 1. The first-order valence-corrected chi connectivity index (χ1v) is 11.0. The lowest BCUT2D eigenvalue weighted by atomic mass is 10.0. The summed E-state index contributed by atoms with van der Waals surface area (Å²) >= 11 is 1.45. The number of hydrazone groups is 1. The topological polar surface area (TPSA) is 66.8 Å². The van der Waals surface area contributed by atoms with E-state index in [2.05, 4.69) is 15.4 Å². The molecule has 32 heavy (non-hydrogen) atoms.